The third-order valence-electron chi connectivity index (χ3n) is 2.33. The summed E-state index contributed by atoms with van der Waals surface area (Å²) in [7, 11) is 0. The predicted molar refractivity (Wildman–Crippen MR) is 66.0 cm³/mol. The van der Waals surface area contributed by atoms with E-state index in [-0.39, 0.29) is 18.5 Å². The van der Waals surface area contributed by atoms with Crippen LogP contribution in [0.2, 0.25) is 0 Å². The van der Waals surface area contributed by atoms with Crippen LogP contribution in [0.4, 0.5) is 4.39 Å². The number of thioether (sulfide) groups is 1. The van der Waals surface area contributed by atoms with Gasteiger partial charge in [-0.15, -0.1) is 11.8 Å². The van der Waals surface area contributed by atoms with Gasteiger partial charge in [0.15, 0.2) is 0 Å². The first-order valence-corrected chi connectivity index (χ1v) is 6.25. The van der Waals surface area contributed by atoms with Crippen LogP contribution in [0.5, 0.6) is 0 Å². The van der Waals surface area contributed by atoms with Crippen molar-refractivity contribution in [3.05, 3.63) is 29.6 Å². The van der Waals surface area contributed by atoms with Gasteiger partial charge in [0.2, 0.25) is 0 Å². The maximum Gasteiger partial charge on any atom is 0.123 e. The molecule has 0 aliphatic rings. The highest BCUT2D eigenvalue weighted by molar-refractivity contribution is 8.00. The van der Waals surface area contributed by atoms with Crippen LogP contribution in [-0.4, -0.2) is 17.0 Å². The maximum atomic E-state index is 13.1. The van der Waals surface area contributed by atoms with E-state index in [1.165, 1.54) is 12.1 Å². The van der Waals surface area contributed by atoms with E-state index in [0.29, 0.717) is 5.25 Å². The summed E-state index contributed by atoms with van der Waals surface area (Å²) < 4.78 is 13.1. The largest absolute Gasteiger partial charge is 0.396 e. The molecule has 1 rings (SSSR count). The third kappa shape index (κ3) is 3.77. The zero-order chi connectivity index (χ0) is 12.1. The van der Waals surface area contributed by atoms with Crippen LogP contribution in [0.25, 0.3) is 0 Å². The molecular weight excluding hydrogens is 225 g/mol. The summed E-state index contributed by atoms with van der Waals surface area (Å²) in [6.45, 7) is 4.05. The van der Waals surface area contributed by atoms with E-state index in [9.17, 15) is 4.39 Å². The van der Waals surface area contributed by atoms with Crippen molar-refractivity contribution >= 4 is 11.8 Å². The number of aliphatic hydroxyl groups is 1. The minimum atomic E-state index is -0.258. The van der Waals surface area contributed by atoms with Crippen molar-refractivity contribution in [2.24, 2.45) is 5.73 Å². The van der Waals surface area contributed by atoms with Crippen LogP contribution in [0.1, 0.15) is 31.9 Å². The van der Waals surface area contributed by atoms with E-state index in [2.05, 4.69) is 0 Å². The smallest absolute Gasteiger partial charge is 0.123 e. The Balaban J connectivity index is 2.86. The highest BCUT2D eigenvalue weighted by Crippen LogP contribution is 2.31. The van der Waals surface area contributed by atoms with Crippen molar-refractivity contribution in [1.82, 2.24) is 0 Å². The van der Waals surface area contributed by atoms with Crippen LogP contribution in [0.15, 0.2) is 23.1 Å². The Bertz CT molecular complexity index is 344. The number of rotatable bonds is 5. The van der Waals surface area contributed by atoms with E-state index < -0.39 is 0 Å². The second kappa shape index (κ2) is 6.23. The fraction of sp³-hybridized carbons (Fsp3) is 0.500. The number of halogens is 1. The molecule has 1 aromatic carbocycles. The summed E-state index contributed by atoms with van der Waals surface area (Å²) in [5.74, 6) is -0.258. The molecule has 0 fully saturated rings. The molecule has 1 aromatic rings. The Morgan fingerprint density at radius 3 is 2.69 bits per heavy atom. The van der Waals surface area contributed by atoms with Crippen molar-refractivity contribution in [1.29, 1.82) is 0 Å². The normalized spacial score (nSPS) is 14.8. The molecule has 0 spiro atoms. The van der Waals surface area contributed by atoms with Crippen LogP contribution < -0.4 is 5.73 Å². The molecule has 4 heteroatoms. The number of nitrogens with two attached hydrogens (primary N) is 1. The number of aliphatic hydroxyl groups excluding tert-OH is 1. The lowest BCUT2D eigenvalue weighted by molar-refractivity contribution is 0.289. The van der Waals surface area contributed by atoms with Crippen molar-refractivity contribution < 1.29 is 9.50 Å². The molecule has 0 aromatic heterocycles. The fourth-order valence-corrected chi connectivity index (χ4v) is 2.62. The molecule has 0 bridgehead atoms. The maximum absolute atomic E-state index is 13.1. The molecule has 0 saturated carbocycles. The average molecular weight is 243 g/mol. The quantitative estimate of drug-likeness (QED) is 0.782. The third-order valence-corrected chi connectivity index (χ3v) is 3.59. The van der Waals surface area contributed by atoms with Gasteiger partial charge in [0.05, 0.1) is 0 Å². The molecule has 3 N–H and O–H groups in total. The van der Waals surface area contributed by atoms with Crippen LogP contribution in [-0.2, 0) is 0 Å². The highest BCUT2D eigenvalue weighted by Gasteiger charge is 2.11. The summed E-state index contributed by atoms with van der Waals surface area (Å²) in [4.78, 5) is 0.998. The lowest BCUT2D eigenvalue weighted by atomic mass is 10.1. The van der Waals surface area contributed by atoms with Gasteiger partial charge in [-0.2, -0.15) is 0 Å². The standard InChI is InChI=1S/C12H18FNOS/c1-8(5-6-15)16-12-4-3-10(13)7-11(12)9(2)14/h3-4,7-9,15H,5-6,14H2,1-2H3/t8?,9-/m1/s1. The lowest BCUT2D eigenvalue weighted by Gasteiger charge is -2.15. The number of hydrogen-bond acceptors (Lipinski definition) is 3. The van der Waals surface area contributed by atoms with Gasteiger partial charge in [0.1, 0.15) is 5.82 Å². The first-order valence-electron chi connectivity index (χ1n) is 5.37. The average Bonchev–Trinajstić information content (AvgIpc) is 2.20. The van der Waals surface area contributed by atoms with Crippen molar-refractivity contribution in [3.63, 3.8) is 0 Å². The van der Waals surface area contributed by atoms with Gasteiger partial charge >= 0.3 is 0 Å². The molecule has 0 amide bonds. The van der Waals surface area contributed by atoms with Gasteiger partial charge in [0.25, 0.3) is 0 Å². The minimum absolute atomic E-state index is 0.170. The molecule has 2 nitrogen and oxygen atoms in total. The molecular formula is C12H18FNOS. The Morgan fingerprint density at radius 1 is 1.44 bits per heavy atom. The van der Waals surface area contributed by atoms with Crippen molar-refractivity contribution in [2.75, 3.05) is 6.61 Å². The Labute approximate surface area is 100 Å². The second-order valence-electron chi connectivity index (χ2n) is 3.91. The molecule has 0 saturated heterocycles. The topological polar surface area (TPSA) is 46.2 Å². The summed E-state index contributed by atoms with van der Waals surface area (Å²) in [5, 5.41) is 9.14. The van der Waals surface area contributed by atoms with Gasteiger partial charge in [-0.05, 0) is 37.1 Å². The van der Waals surface area contributed by atoms with E-state index in [1.807, 2.05) is 13.8 Å². The van der Waals surface area contributed by atoms with Gasteiger partial charge in [-0.25, -0.2) is 4.39 Å². The first-order chi connectivity index (χ1) is 7.54. The molecule has 0 radical (unpaired) electrons. The van der Waals surface area contributed by atoms with E-state index >= 15 is 0 Å². The van der Waals surface area contributed by atoms with Gasteiger partial charge in [0, 0.05) is 22.8 Å². The van der Waals surface area contributed by atoms with E-state index in [4.69, 9.17) is 10.8 Å². The number of hydrogen-bond donors (Lipinski definition) is 2. The van der Waals surface area contributed by atoms with Gasteiger partial charge in [-0.1, -0.05) is 6.92 Å². The zero-order valence-electron chi connectivity index (χ0n) is 9.61. The summed E-state index contributed by atoms with van der Waals surface area (Å²) >= 11 is 1.63. The summed E-state index contributed by atoms with van der Waals surface area (Å²) in [6, 6.07) is 4.50. The first kappa shape index (κ1) is 13.5. The van der Waals surface area contributed by atoms with E-state index in [0.717, 1.165) is 16.9 Å². The summed E-state index contributed by atoms with van der Waals surface area (Å²) in [6.07, 6.45) is 0.723. The Morgan fingerprint density at radius 2 is 2.12 bits per heavy atom. The van der Waals surface area contributed by atoms with E-state index in [1.54, 1.807) is 17.8 Å². The van der Waals surface area contributed by atoms with Gasteiger partial charge < -0.3 is 10.8 Å². The molecule has 90 valence electrons. The zero-order valence-corrected chi connectivity index (χ0v) is 10.4. The minimum Gasteiger partial charge on any atom is -0.396 e. The molecule has 1 unspecified atom stereocenters. The molecule has 2 atom stereocenters. The van der Waals surface area contributed by atoms with Crippen molar-refractivity contribution in [2.45, 2.75) is 36.5 Å². The predicted octanol–water partition coefficient (Wildman–Crippen LogP) is 2.71. The molecule has 0 aliphatic heterocycles. The lowest BCUT2D eigenvalue weighted by Crippen LogP contribution is -2.08. The molecule has 16 heavy (non-hydrogen) atoms. The summed E-state index contributed by atoms with van der Waals surface area (Å²) in [5.41, 5.74) is 6.63. The Hall–Kier alpha value is -0.580. The number of benzene rings is 1. The SMILES string of the molecule is CC(CCO)Sc1ccc(F)cc1[C@@H](C)N. The molecule has 0 heterocycles. The van der Waals surface area contributed by atoms with Gasteiger partial charge in [-0.3, -0.25) is 0 Å². The highest BCUT2D eigenvalue weighted by atomic mass is 32.2. The fourth-order valence-electron chi connectivity index (χ4n) is 1.44. The molecule has 0 aliphatic carbocycles. The Kier molecular flexibility index (Phi) is 5.25. The second-order valence-corrected chi connectivity index (χ2v) is 5.39. The monoisotopic (exact) mass is 243 g/mol. The van der Waals surface area contributed by atoms with Crippen molar-refractivity contribution in [3.8, 4) is 0 Å². The van der Waals surface area contributed by atoms with Crippen LogP contribution >= 0.6 is 11.8 Å². The van der Waals surface area contributed by atoms with Crippen LogP contribution in [0, 0.1) is 5.82 Å². The van der Waals surface area contributed by atoms with Crippen LogP contribution in [0.3, 0.4) is 0 Å².